The third-order valence-electron chi connectivity index (χ3n) is 10.2. The van der Waals surface area contributed by atoms with Gasteiger partial charge in [-0.15, -0.1) is 11.3 Å². The van der Waals surface area contributed by atoms with Gasteiger partial charge in [0.05, 0.1) is 33.6 Å². The molecule has 4 aromatic heterocycles. The van der Waals surface area contributed by atoms with Crippen molar-refractivity contribution >= 4 is 85.8 Å². The van der Waals surface area contributed by atoms with E-state index in [0.717, 1.165) is 82.6 Å². The van der Waals surface area contributed by atoms with Crippen LogP contribution in [0.15, 0.2) is 164 Å². The van der Waals surface area contributed by atoms with E-state index in [9.17, 15) is 0 Å². The topological polar surface area (TPSA) is 38.7 Å². The van der Waals surface area contributed by atoms with Crippen LogP contribution in [-0.4, -0.2) is 15.0 Å². The number of hydrogen-bond donors (Lipinski definition) is 0. The molecule has 0 aliphatic carbocycles. The molecule has 4 heterocycles. The minimum absolute atomic E-state index is 0.906. The van der Waals surface area contributed by atoms with E-state index in [1.807, 2.05) is 17.4 Å². The van der Waals surface area contributed by atoms with Crippen molar-refractivity contribution in [2.75, 3.05) is 0 Å². The second-order valence-electron chi connectivity index (χ2n) is 13.1. The van der Waals surface area contributed by atoms with Crippen LogP contribution in [0.1, 0.15) is 0 Å². The molecule has 0 bridgehead atoms. The van der Waals surface area contributed by atoms with Gasteiger partial charge in [0.25, 0.3) is 0 Å². The summed E-state index contributed by atoms with van der Waals surface area (Å²) < 4.78 is 2.59. The van der Waals surface area contributed by atoms with E-state index >= 15 is 0 Å². The monoisotopic (exact) mass is 665 g/mol. The minimum Gasteiger partial charge on any atom is -0.248 e. The molecular formula is C47H27N3S. The van der Waals surface area contributed by atoms with Gasteiger partial charge in [0.1, 0.15) is 0 Å². The molecule has 11 rings (SSSR count). The van der Waals surface area contributed by atoms with Crippen molar-refractivity contribution in [1.82, 2.24) is 15.0 Å². The van der Waals surface area contributed by atoms with Crippen molar-refractivity contribution < 1.29 is 0 Å². The van der Waals surface area contributed by atoms with Crippen LogP contribution in [-0.2, 0) is 0 Å². The van der Waals surface area contributed by atoms with Crippen LogP contribution >= 0.6 is 11.3 Å². The number of rotatable bonds is 3. The Kier molecular flexibility index (Phi) is 6.12. The zero-order valence-electron chi connectivity index (χ0n) is 27.3. The van der Waals surface area contributed by atoms with Gasteiger partial charge in [0.2, 0.25) is 0 Å². The summed E-state index contributed by atoms with van der Waals surface area (Å²) in [5.41, 5.74) is 9.03. The van der Waals surface area contributed by atoms with E-state index < -0.39 is 0 Å². The number of thiophene rings is 1. The molecule has 0 aliphatic heterocycles. The van der Waals surface area contributed by atoms with Crippen LogP contribution < -0.4 is 0 Å². The van der Waals surface area contributed by atoms with Gasteiger partial charge in [0.15, 0.2) is 0 Å². The highest BCUT2D eigenvalue weighted by atomic mass is 32.1. The van der Waals surface area contributed by atoms with Gasteiger partial charge in [-0.1, -0.05) is 127 Å². The van der Waals surface area contributed by atoms with Crippen molar-refractivity contribution in [3.8, 4) is 33.8 Å². The molecule has 3 nitrogen and oxygen atoms in total. The molecule has 0 saturated carbocycles. The Labute approximate surface area is 297 Å². The number of aromatic nitrogens is 3. The van der Waals surface area contributed by atoms with E-state index in [1.54, 1.807) is 0 Å². The molecule has 7 aromatic carbocycles. The van der Waals surface area contributed by atoms with Gasteiger partial charge in [0, 0.05) is 53.0 Å². The van der Waals surface area contributed by atoms with Crippen LogP contribution in [0.25, 0.3) is 108 Å². The Morgan fingerprint density at radius 2 is 0.824 bits per heavy atom. The fourth-order valence-corrected chi connectivity index (χ4v) is 9.11. The summed E-state index contributed by atoms with van der Waals surface area (Å²) in [6.45, 7) is 0. The van der Waals surface area contributed by atoms with Gasteiger partial charge in [-0.3, -0.25) is 0 Å². The van der Waals surface area contributed by atoms with E-state index in [4.69, 9.17) is 15.0 Å². The van der Waals surface area contributed by atoms with Crippen LogP contribution in [0, 0.1) is 0 Å². The first-order chi connectivity index (χ1) is 25.3. The number of benzene rings is 7. The van der Waals surface area contributed by atoms with E-state index in [2.05, 4.69) is 158 Å². The zero-order valence-corrected chi connectivity index (χ0v) is 28.2. The maximum atomic E-state index is 5.42. The molecule has 236 valence electrons. The Balaban J connectivity index is 1.15. The van der Waals surface area contributed by atoms with Gasteiger partial charge in [-0.05, 0) is 57.9 Å². The lowest BCUT2D eigenvalue weighted by molar-refractivity contribution is 1.37. The van der Waals surface area contributed by atoms with E-state index in [0.29, 0.717) is 0 Å². The molecule has 0 saturated heterocycles. The van der Waals surface area contributed by atoms with Crippen LogP contribution in [0.5, 0.6) is 0 Å². The lowest BCUT2D eigenvalue weighted by atomic mass is 9.88. The second kappa shape index (κ2) is 11.0. The average molecular weight is 666 g/mol. The van der Waals surface area contributed by atoms with Gasteiger partial charge in [-0.2, -0.15) is 0 Å². The SMILES string of the molecule is c1ccc(-c2ccc3ccc4ccc(-c5c6ccccc6c(-c6ccc7c(ccc8c9ccccc9sc78)n6)c6ccccc56)nc4c3n2)cc1. The number of pyridine rings is 3. The molecule has 0 aliphatic rings. The highest BCUT2D eigenvalue weighted by Gasteiger charge is 2.19. The zero-order chi connectivity index (χ0) is 33.5. The lowest BCUT2D eigenvalue weighted by Gasteiger charge is -2.17. The van der Waals surface area contributed by atoms with Gasteiger partial charge < -0.3 is 0 Å². The maximum absolute atomic E-state index is 5.42. The molecule has 0 N–H and O–H groups in total. The quantitative estimate of drug-likeness (QED) is 0.139. The summed E-state index contributed by atoms with van der Waals surface area (Å²) in [6, 6.07) is 58.2. The summed E-state index contributed by atoms with van der Waals surface area (Å²) in [6.07, 6.45) is 0. The smallest absolute Gasteiger partial charge is 0.0972 e. The minimum atomic E-state index is 0.906. The molecule has 0 spiro atoms. The molecule has 11 aromatic rings. The predicted molar refractivity (Wildman–Crippen MR) is 217 cm³/mol. The van der Waals surface area contributed by atoms with Crippen molar-refractivity contribution in [2.45, 2.75) is 0 Å². The molecular weight excluding hydrogens is 639 g/mol. The van der Waals surface area contributed by atoms with Crippen molar-refractivity contribution in [2.24, 2.45) is 0 Å². The molecule has 51 heavy (non-hydrogen) atoms. The summed E-state index contributed by atoms with van der Waals surface area (Å²) in [5, 5.41) is 10.6. The van der Waals surface area contributed by atoms with Crippen LogP contribution in [0.3, 0.4) is 0 Å². The molecule has 4 heteroatoms. The van der Waals surface area contributed by atoms with Gasteiger partial charge in [-0.25, -0.2) is 15.0 Å². The van der Waals surface area contributed by atoms with Gasteiger partial charge >= 0.3 is 0 Å². The number of hydrogen-bond acceptors (Lipinski definition) is 4. The highest BCUT2D eigenvalue weighted by Crippen LogP contribution is 2.44. The number of fused-ring (bicyclic) bond motifs is 10. The van der Waals surface area contributed by atoms with Crippen LogP contribution in [0.2, 0.25) is 0 Å². The van der Waals surface area contributed by atoms with Crippen molar-refractivity contribution in [3.05, 3.63) is 164 Å². The third kappa shape index (κ3) is 4.33. The highest BCUT2D eigenvalue weighted by molar-refractivity contribution is 7.26. The molecule has 0 unspecified atom stereocenters. The fourth-order valence-electron chi connectivity index (χ4n) is 7.88. The summed E-state index contributed by atoms with van der Waals surface area (Å²) >= 11 is 1.85. The second-order valence-corrected chi connectivity index (χ2v) is 14.2. The Hall–Kier alpha value is -6.49. The fraction of sp³-hybridized carbons (Fsp3) is 0. The first-order valence-corrected chi connectivity index (χ1v) is 18.0. The largest absolute Gasteiger partial charge is 0.248 e. The normalized spacial score (nSPS) is 11.9. The first-order valence-electron chi connectivity index (χ1n) is 17.2. The number of nitrogens with zero attached hydrogens (tertiary/aromatic N) is 3. The van der Waals surface area contributed by atoms with Crippen molar-refractivity contribution in [3.63, 3.8) is 0 Å². The third-order valence-corrected chi connectivity index (χ3v) is 11.5. The molecule has 0 fully saturated rings. The van der Waals surface area contributed by atoms with Crippen molar-refractivity contribution in [1.29, 1.82) is 0 Å². The average Bonchev–Trinajstić information content (AvgIpc) is 3.59. The Morgan fingerprint density at radius 1 is 0.333 bits per heavy atom. The Morgan fingerprint density at radius 3 is 1.49 bits per heavy atom. The predicted octanol–water partition coefficient (Wildman–Crippen LogP) is 13.0. The van der Waals surface area contributed by atoms with E-state index in [1.165, 1.54) is 25.6 Å². The summed E-state index contributed by atoms with van der Waals surface area (Å²) in [5.74, 6) is 0. The van der Waals surface area contributed by atoms with Crippen LogP contribution in [0.4, 0.5) is 0 Å². The first kappa shape index (κ1) is 28.4. The summed E-state index contributed by atoms with van der Waals surface area (Å²) in [4.78, 5) is 16.0. The Bertz CT molecular complexity index is 3140. The maximum Gasteiger partial charge on any atom is 0.0972 e. The lowest BCUT2D eigenvalue weighted by Crippen LogP contribution is -1.95. The summed E-state index contributed by atoms with van der Waals surface area (Å²) in [7, 11) is 0. The van der Waals surface area contributed by atoms with E-state index in [-0.39, 0.29) is 0 Å². The molecule has 0 atom stereocenters. The molecule has 0 amide bonds. The standard InChI is InChI=1S/C47H27N3S/c1-2-10-28(11-3-1)38-24-20-29-18-19-30-21-25-41(50-46(30)45(29)49-38)44-34-15-6-4-13-32(34)43(33-14-5-7-16-35(33)44)40-27-23-37-39(48-40)26-22-36-31-12-8-9-17-42(31)51-47(36)37/h1-27H. The molecule has 0 radical (unpaired) electrons.